The molecule has 182 valence electrons. The van der Waals surface area contributed by atoms with Crippen molar-refractivity contribution >= 4 is 27.4 Å². The van der Waals surface area contributed by atoms with Crippen LogP contribution in [-0.4, -0.2) is 49.1 Å². The van der Waals surface area contributed by atoms with Crippen molar-refractivity contribution < 1.29 is 17.8 Å². The molecule has 1 heterocycles. The average molecular weight is 476 g/mol. The van der Waals surface area contributed by atoms with E-state index in [1.165, 1.54) is 54.5 Å². The van der Waals surface area contributed by atoms with Crippen molar-refractivity contribution in [3.05, 3.63) is 47.1 Å². The summed E-state index contributed by atoms with van der Waals surface area (Å²) in [7, 11) is -4.27. The van der Waals surface area contributed by atoms with Gasteiger partial charge in [-0.3, -0.25) is 9.35 Å². The molecule has 1 aromatic rings. The van der Waals surface area contributed by atoms with E-state index in [4.69, 9.17) is 4.55 Å². The Balaban J connectivity index is 0.000000479. The Morgan fingerprint density at radius 3 is 2.00 bits per heavy atom. The number of allylic oxidation sites excluding steroid dienone is 3. The van der Waals surface area contributed by atoms with Crippen LogP contribution in [0.3, 0.4) is 0 Å². The predicted octanol–water partition coefficient (Wildman–Crippen LogP) is 5.07. The second kappa shape index (κ2) is 10.8. The third kappa shape index (κ3) is 6.85. The van der Waals surface area contributed by atoms with Crippen molar-refractivity contribution in [2.45, 2.75) is 66.2 Å². The van der Waals surface area contributed by atoms with Gasteiger partial charge >= 0.3 is 0 Å². The van der Waals surface area contributed by atoms with E-state index in [1.54, 1.807) is 6.92 Å². The Hall–Kier alpha value is -2.29. The molecule has 0 radical (unpaired) electrons. The molecule has 0 saturated heterocycles. The fraction of sp³-hybridized carbons (Fsp3) is 0.520. The molecule has 1 aliphatic heterocycles. The van der Waals surface area contributed by atoms with Gasteiger partial charge in [0.25, 0.3) is 16.0 Å². The van der Waals surface area contributed by atoms with Gasteiger partial charge in [-0.25, -0.2) is 0 Å². The molecule has 1 amide bonds. The minimum absolute atomic E-state index is 0.0896. The number of nitrogens with zero attached hydrogens (tertiary/aromatic N) is 3. The number of carbonyl (C=O) groups excluding carboxylic acids is 1. The lowest BCUT2D eigenvalue weighted by atomic mass is 9.74. The van der Waals surface area contributed by atoms with Gasteiger partial charge in [0.15, 0.2) is 0 Å². The van der Waals surface area contributed by atoms with Crippen LogP contribution in [0.2, 0.25) is 0 Å². The minimum atomic E-state index is -4.27. The summed E-state index contributed by atoms with van der Waals surface area (Å²) >= 11 is 0. The summed E-state index contributed by atoms with van der Waals surface area (Å²) in [5, 5.41) is 5.64. The molecule has 0 fully saturated rings. The Kier molecular flexibility index (Phi) is 8.79. The van der Waals surface area contributed by atoms with Crippen LogP contribution in [0.5, 0.6) is 0 Å². The lowest BCUT2D eigenvalue weighted by Crippen LogP contribution is -2.24. The van der Waals surface area contributed by atoms with Gasteiger partial charge in [0.1, 0.15) is 0 Å². The highest BCUT2D eigenvalue weighted by atomic mass is 32.2. The molecule has 0 atom stereocenters. The van der Waals surface area contributed by atoms with E-state index in [0.717, 1.165) is 18.4 Å². The molecular formula is C25H37N3O4S. The number of hydrazone groups is 1. The average Bonchev–Trinajstić information content (AvgIpc) is 3.02. The number of hydrogen-bond acceptors (Lipinski definition) is 5. The molecule has 0 bridgehead atoms. The normalized spacial score (nSPS) is 20.4. The molecule has 2 aliphatic rings. The van der Waals surface area contributed by atoms with Crippen LogP contribution < -0.4 is 5.01 Å². The third-order valence-corrected chi connectivity index (χ3v) is 6.77. The second-order valence-electron chi connectivity index (χ2n) is 9.30. The zero-order valence-corrected chi connectivity index (χ0v) is 21.7. The summed E-state index contributed by atoms with van der Waals surface area (Å²) < 4.78 is 31.4. The lowest BCUT2D eigenvalue weighted by molar-refractivity contribution is -0.114. The summed E-state index contributed by atoms with van der Waals surface area (Å²) in [4.78, 5) is 15.1. The first-order chi connectivity index (χ1) is 15.3. The molecule has 3 rings (SSSR count). The summed E-state index contributed by atoms with van der Waals surface area (Å²) in [6.07, 6.45) is 3.87. The van der Waals surface area contributed by atoms with Gasteiger partial charge in [-0.1, -0.05) is 46.3 Å². The third-order valence-electron chi connectivity index (χ3n) is 5.91. The SMILES string of the molecule is CC1=C/C(=C2\C(=O)N(c3ccc(S(=O)(=O)O)cc3)N=C2C)CC(C)(C)C1.CCN(CC)CC. The molecule has 1 aliphatic carbocycles. The van der Waals surface area contributed by atoms with Crippen molar-refractivity contribution in [3.8, 4) is 0 Å². The van der Waals surface area contributed by atoms with E-state index in [-0.39, 0.29) is 16.2 Å². The van der Waals surface area contributed by atoms with Crippen LogP contribution in [0.4, 0.5) is 5.69 Å². The van der Waals surface area contributed by atoms with Gasteiger partial charge in [-0.2, -0.15) is 18.5 Å². The predicted molar refractivity (Wildman–Crippen MR) is 134 cm³/mol. The fourth-order valence-corrected chi connectivity index (χ4v) is 4.85. The van der Waals surface area contributed by atoms with Gasteiger partial charge in [0.05, 0.1) is 21.9 Å². The number of amides is 1. The zero-order chi connectivity index (χ0) is 25.0. The Labute approximate surface area is 198 Å². The largest absolute Gasteiger partial charge is 0.304 e. The van der Waals surface area contributed by atoms with Crippen LogP contribution in [0.15, 0.2) is 57.1 Å². The number of rotatable bonds is 5. The van der Waals surface area contributed by atoms with E-state index in [2.05, 4.69) is 57.6 Å². The highest BCUT2D eigenvalue weighted by Crippen LogP contribution is 2.40. The summed E-state index contributed by atoms with van der Waals surface area (Å²) in [6, 6.07) is 5.41. The fourth-order valence-electron chi connectivity index (χ4n) is 4.37. The van der Waals surface area contributed by atoms with Crippen molar-refractivity contribution in [3.63, 3.8) is 0 Å². The zero-order valence-electron chi connectivity index (χ0n) is 20.8. The molecule has 0 spiro atoms. The Bertz CT molecular complexity index is 1060. The quantitative estimate of drug-likeness (QED) is 0.474. The summed E-state index contributed by atoms with van der Waals surface area (Å²) in [5.41, 5.74) is 4.02. The number of carbonyl (C=O) groups is 1. The van der Waals surface area contributed by atoms with Crippen LogP contribution in [-0.2, 0) is 14.9 Å². The van der Waals surface area contributed by atoms with Gasteiger partial charge in [0, 0.05) is 0 Å². The first kappa shape index (κ1) is 27.0. The molecule has 8 heteroatoms. The first-order valence-corrected chi connectivity index (χ1v) is 12.9. The minimum Gasteiger partial charge on any atom is -0.304 e. The molecule has 1 aromatic carbocycles. The molecule has 0 saturated carbocycles. The van der Waals surface area contributed by atoms with Crippen molar-refractivity contribution in [1.29, 1.82) is 0 Å². The smallest absolute Gasteiger partial charge is 0.294 e. The van der Waals surface area contributed by atoms with Crippen molar-refractivity contribution in [2.75, 3.05) is 24.6 Å². The van der Waals surface area contributed by atoms with Gasteiger partial charge in [-0.15, -0.1) is 0 Å². The van der Waals surface area contributed by atoms with E-state index in [9.17, 15) is 13.2 Å². The Morgan fingerprint density at radius 2 is 1.58 bits per heavy atom. The van der Waals surface area contributed by atoms with Crippen molar-refractivity contribution in [1.82, 2.24) is 4.90 Å². The maximum absolute atomic E-state index is 13.0. The molecule has 33 heavy (non-hydrogen) atoms. The van der Waals surface area contributed by atoms with E-state index in [0.29, 0.717) is 17.0 Å². The standard InChI is InChI=1S/C19H22N2O4S.C6H15N/c1-12-9-14(11-19(3,4)10-12)17-13(2)20-21(18(17)22)15-5-7-16(8-6-15)26(23,24)25;1-4-7(5-2)6-3/h5-9H,10-11H2,1-4H3,(H,23,24,25);4-6H2,1-3H3/b17-14+;. The molecule has 0 aromatic heterocycles. The summed E-state index contributed by atoms with van der Waals surface area (Å²) in [6.45, 7) is 18.4. The van der Waals surface area contributed by atoms with Crippen LogP contribution >= 0.6 is 0 Å². The van der Waals surface area contributed by atoms with E-state index < -0.39 is 10.1 Å². The Morgan fingerprint density at radius 1 is 1.03 bits per heavy atom. The second-order valence-corrected chi connectivity index (χ2v) is 10.7. The van der Waals surface area contributed by atoms with Gasteiger partial charge in [0.2, 0.25) is 0 Å². The highest BCUT2D eigenvalue weighted by molar-refractivity contribution is 7.85. The number of benzene rings is 1. The monoisotopic (exact) mass is 475 g/mol. The molecule has 7 nitrogen and oxygen atoms in total. The maximum atomic E-state index is 13.0. The lowest BCUT2D eigenvalue weighted by Gasteiger charge is -2.31. The van der Waals surface area contributed by atoms with E-state index >= 15 is 0 Å². The van der Waals surface area contributed by atoms with E-state index in [1.807, 2.05) is 0 Å². The number of anilines is 1. The molecule has 1 N–H and O–H groups in total. The topological polar surface area (TPSA) is 90.3 Å². The van der Waals surface area contributed by atoms with Gasteiger partial charge in [-0.05, 0) is 81.6 Å². The summed E-state index contributed by atoms with van der Waals surface area (Å²) in [5.74, 6) is -0.223. The molecular weight excluding hydrogens is 438 g/mol. The van der Waals surface area contributed by atoms with Crippen LogP contribution in [0.1, 0.15) is 61.3 Å². The first-order valence-electron chi connectivity index (χ1n) is 11.4. The molecule has 0 unspecified atom stereocenters. The number of hydrogen-bond donors (Lipinski definition) is 1. The van der Waals surface area contributed by atoms with Crippen LogP contribution in [0, 0.1) is 5.41 Å². The van der Waals surface area contributed by atoms with Gasteiger partial charge < -0.3 is 4.90 Å². The highest BCUT2D eigenvalue weighted by Gasteiger charge is 2.34. The van der Waals surface area contributed by atoms with Crippen molar-refractivity contribution in [2.24, 2.45) is 10.5 Å². The van der Waals surface area contributed by atoms with Crippen LogP contribution in [0.25, 0.3) is 0 Å². The maximum Gasteiger partial charge on any atom is 0.294 e.